The molecule has 114 valence electrons. The van der Waals surface area contributed by atoms with Crippen LogP contribution in [0.4, 0.5) is 5.69 Å². The van der Waals surface area contributed by atoms with E-state index in [1.165, 1.54) is 11.8 Å². The number of carbonyl (C=O) groups is 2. The fourth-order valence-electron chi connectivity index (χ4n) is 2.06. The first-order chi connectivity index (χ1) is 10.1. The minimum atomic E-state index is -0.417. The molecule has 0 saturated heterocycles. The molecule has 1 aliphatic heterocycles. The first-order valence-corrected chi connectivity index (χ1v) is 7.66. The Labute approximate surface area is 128 Å². The van der Waals surface area contributed by atoms with E-state index in [4.69, 9.17) is 4.74 Å². The predicted molar refractivity (Wildman–Crippen MR) is 81.4 cm³/mol. The van der Waals surface area contributed by atoms with Crippen molar-refractivity contribution in [2.75, 3.05) is 32.2 Å². The quantitative estimate of drug-likeness (QED) is 0.796. The van der Waals surface area contributed by atoms with E-state index in [1.54, 1.807) is 31.3 Å². The van der Waals surface area contributed by atoms with E-state index in [1.807, 2.05) is 6.07 Å². The molecule has 2 amide bonds. The lowest BCUT2D eigenvalue weighted by atomic mass is 10.2. The van der Waals surface area contributed by atoms with Crippen molar-refractivity contribution in [1.29, 1.82) is 0 Å². The summed E-state index contributed by atoms with van der Waals surface area (Å²) in [5.74, 6) is -0.183. The molecule has 0 bridgehead atoms. The van der Waals surface area contributed by atoms with E-state index in [2.05, 4.69) is 10.3 Å². The van der Waals surface area contributed by atoms with Gasteiger partial charge >= 0.3 is 0 Å². The number of anilines is 1. The van der Waals surface area contributed by atoms with Gasteiger partial charge in [0.2, 0.25) is 11.8 Å². The van der Waals surface area contributed by atoms with Gasteiger partial charge in [0.15, 0.2) is 0 Å². The van der Waals surface area contributed by atoms with Crippen molar-refractivity contribution >= 4 is 29.3 Å². The second-order valence-corrected chi connectivity index (χ2v) is 5.92. The average Bonchev–Trinajstić information content (AvgIpc) is 2.49. The molecule has 0 radical (unpaired) electrons. The van der Waals surface area contributed by atoms with Gasteiger partial charge < -0.3 is 15.0 Å². The number of hydrogen-bond donors (Lipinski definition) is 1. The molecule has 21 heavy (non-hydrogen) atoms. The number of thioether (sulfide) groups is 1. The zero-order chi connectivity index (χ0) is 15.2. The van der Waals surface area contributed by atoms with Crippen molar-refractivity contribution in [3.63, 3.8) is 0 Å². The summed E-state index contributed by atoms with van der Waals surface area (Å²) in [6, 6.07) is 3.65. The lowest BCUT2D eigenvalue weighted by molar-refractivity contribution is -0.124. The molecule has 1 aliphatic rings. The number of pyridine rings is 1. The average molecular weight is 309 g/mol. The summed E-state index contributed by atoms with van der Waals surface area (Å²) < 4.78 is 4.92. The molecule has 0 fully saturated rings. The third-order valence-electron chi connectivity index (χ3n) is 3.19. The maximum Gasteiger partial charge on any atom is 0.240 e. The van der Waals surface area contributed by atoms with Crippen LogP contribution in [-0.4, -0.2) is 49.4 Å². The van der Waals surface area contributed by atoms with Crippen molar-refractivity contribution < 1.29 is 14.3 Å². The molecule has 6 nitrogen and oxygen atoms in total. The Morgan fingerprint density at radius 3 is 3.14 bits per heavy atom. The Bertz CT molecular complexity index is 524. The molecule has 0 aromatic carbocycles. The lowest BCUT2D eigenvalue weighted by Crippen LogP contribution is -2.41. The van der Waals surface area contributed by atoms with Crippen LogP contribution in [0.15, 0.2) is 23.4 Å². The number of methoxy groups -OCH3 is 1. The molecule has 1 N–H and O–H groups in total. The van der Waals surface area contributed by atoms with Crippen molar-refractivity contribution in [2.45, 2.75) is 23.1 Å². The van der Waals surface area contributed by atoms with Crippen LogP contribution in [0.2, 0.25) is 0 Å². The molecular formula is C14H19N3O3S. The second-order valence-electron chi connectivity index (χ2n) is 4.73. The highest BCUT2D eigenvalue weighted by Crippen LogP contribution is 2.37. The van der Waals surface area contributed by atoms with Crippen LogP contribution >= 0.6 is 11.8 Å². The van der Waals surface area contributed by atoms with Crippen LogP contribution in [0.25, 0.3) is 0 Å². The number of nitrogens with one attached hydrogen (secondary N) is 1. The van der Waals surface area contributed by atoms with Crippen LogP contribution in [0.3, 0.4) is 0 Å². The smallest absolute Gasteiger partial charge is 0.240 e. The maximum atomic E-state index is 12.3. The Morgan fingerprint density at radius 2 is 2.38 bits per heavy atom. The van der Waals surface area contributed by atoms with Gasteiger partial charge in [-0.1, -0.05) is 11.8 Å². The van der Waals surface area contributed by atoms with Crippen molar-refractivity contribution in [3.8, 4) is 0 Å². The SMILES string of the molecule is COCCCNC(=O)C[C@H]1Sc2ncccc2N(C)C1=O. The van der Waals surface area contributed by atoms with Gasteiger partial charge in [-0.05, 0) is 18.6 Å². The first-order valence-electron chi connectivity index (χ1n) is 6.78. The molecule has 0 spiro atoms. The minimum absolute atomic E-state index is 0.0625. The predicted octanol–water partition coefficient (Wildman–Crippen LogP) is 1.06. The maximum absolute atomic E-state index is 12.3. The number of carbonyl (C=O) groups excluding carboxylic acids is 2. The summed E-state index contributed by atoms with van der Waals surface area (Å²) in [5, 5.41) is 3.17. The lowest BCUT2D eigenvalue weighted by Gasteiger charge is -2.29. The highest BCUT2D eigenvalue weighted by molar-refractivity contribution is 8.00. The summed E-state index contributed by atoms with van der Waals surface area (Å²) >= 11 is 1.35. The topological polar surface area (TPSA) is 71.5 Å². The van der Waals surface area contributed by atoms with Gasteiger partial charge in [-0.25, -0.2) is 4.98 Å². The fourth-order valence-corrected chi connectivity index (χ4v) is 3.27. The molecular weight excluding hydrogens is 290 g/mol. The summed E-state index contributed by atoms with van der Waals surface area (Å²) in [6.45, 7) is 1.17. The van der Waals surface area contributed by atoms with Crippen LogP contribution in [0.1, 0.15) is 12.8 Å². The van der Waals surface area contributed by atoms with Crippen LogP contribution < -0.4 is 10.2 Å². The standard InChI is InChI=1S/C14H19N3O3S/c1-17-10-5-3-6-16-13(10)21-11(14(17)19)9-12(18)15-7-4-8-20-2/h3,5-6,11H,4,7-9H2,1-2H3,(H,15,18)/t11-/m1/s1. The molecule has 0 saturated carbocycles. The number of aromatic nitrogens is 1. The van der Waals surface area contributed by atoms with Crippen molar-refractivity contribution in [2.24, 2.45) is 0 Å². The normalized spacial score (nSPS) is 17.5. The van der Waals surface area contributed by atoms with Gasteiger partial charge in [0, 0.05) is 39.9 Å². The van der Waals surface area contributed by atoms with Gasteiger partial charge in [0.25, 0.3) is 0 Å². The number of ether oxygens (including phenoxy) is 1. The molecule has 0 aliphatic carbocycles. The largest absolute Gasteiger partial charge is 0.385 e. The first kappa shape index (κ1) is 15.8. The zero-order valence-corrected chi connectivity index (χ0v) is 13.0. The zero-order valence-electron chi connectivity index (χ0n) is 12.2. The monoisotopic (exact) mass is 309 g/mol. The number of rotatable bonds is 6. The van der Waals surface area contributed by atoms with Crippen LogP contribution in [0, 0.1) is 0 Å². The van der Waals surface area contributed by atoms with E-state index < -0.39 is 5.25 Å². The summed E-state index contributed by atoms with van der Waals surface area (Å²) in [6.07, 6.45) is 2.62. The van der Waals surface area contributed by atoms with Crippen LogP contribution in [0.5, 0.6) is 0 Å². The molecule has 1 atom stereocenters. The highest BCUT2D eigenvalue weighted by Gasteiger charge is 2.33. The minimum Gasteiger partial charge on any atom is -0.385 e. The summed E-state index contributed by atoms with van der Waals surface area (Å²) in [4.78, 5) is 30.0. The molecule has 1 aromatic rings. The summed E-state index contributed by atoms with van der Waals surface area (Å²) in [7, 11) is 3.34. The Balaban J connectivity index is 1.93. The van der Waals surface area contributed by atoms with Crippen LogP contribution in [-0.2, 0) is 14.3 Å². The van der Waals surface area contributed by atoms with E-state index in [0.717, 1.165) is 17.1 Å². The van der Waals surface area contributed by atoms with Gasteiger partial charge in [-0.15, -0.1) is 0 Å². The van der Waals surface area contributed by atoms with Gasteiger partial charge in [0.1, 0.15) is 5.03 Å². The number of fused-ring (bicyclic) bond motifs is 1. The number of nitrogens with zero attached hydrogens (tertiary/aromatic N) is 2. The molecule has 7 heteroatoms. The molecule has 2 heterocycles. The number of amides is 2. The van der Waals surface area contributed by atoms with E-state index in [0.29, 0.717) is 13.2 Å². The van der Waals surface area contributed by atoms with E-state index in [9.17, 15) is 9.59 Å². The van der Waals surface area contributed by atoms with E-state index in [-0.39, 0.29) is 18.2 Å². The Morgan fingerprint density at radius 1 is 1.57 bits per heavy atom. The van der Waals surface area contributed by atoms with Crippen molar-refractivity contribution in [1.82, 2.24) is 10.3 Å². The Hall–Kier alpha value is -1.60. The fraction of sp³-hybridized carbons (Fsp3) is 0.500. The third-order valence-corrected chi connectivity index (χ3v) is 4.38. The van der Waals surface area contributed by atoms with Gasteiger partial charge in [0.05, 0.1) is 10.9 Å². The molecule has 0 unspecified atom stereocenters. The number of hydrogen-bond acceptors (Lipinski definition) is 5. The Kier molecular flexibility index (Phi) is 5.58. The summed E-state index contributed by atoms with van der Waals surface area (Å²) in [5.41, 5.74) is 0.796. The third kappa shape index (κ3) is 3.95. The van der Waals surface area contributed by atoms with Crippen molar-refractivity contribution in [3.05, 3.63) is 18.3 Å². The second kappa shape index (κ2) is 7.42. The van der Waals surface area contributed by atoms with E-state index >= 15 is 0 Å². The van der Waals surface area contributed by atoms with Gasteiger partial charge in [-0.3, -0.25) is 9.59 Å². The molecule has 1 aromatic heterocycles. The highest BCUT2D eigenvalue weighted by atomic mass is 32.2. The molecule has 2 rings (SSSR count). The van der Waals surface area contributed by atoms with Gasteiger partial charge in [-0.2, -0.15) is 0 Å².